The Morgan fingerprint density at radius 1 is 1.14 bits per heavy atom. The van der Waals surface area contributed by atoms with Gasteiger partial charge in [0.25, 0.3) is 0 Å². The van der Waals surface area contributed by atoms with E-state index in [0.717, 1.165) is 5.56 Å². The maximum Gasteiger partial charge on any atom is 0.226 e. The second kappa shape index (κ2) is 7.85. The lowest BCUT2D eigenvalue weighted by molar-refractivity contribution is 0.208. The van der Waals surface area contributed by atoms with Gasteiger partial charge in [-0.05, 0) is 38.5 Å². The number of hydrogen-bond acceptors (Lipinski definition) is 9. The molecule has 150 valence electrons. The van der Waals surface area contributed by atoms with E-state index in [1.807, 2.05) is 25.8 Å². The number of rotatable bonds is 7. The molecule has 1 unspecified atom stereocenters. The molecule has 0 saturated heterocycles. The van der Waals surface area contributed by atoms with Crippen molar-refractivity contribution in [3.8, 4) is 11.5 Å². The molecule has 4 N–H and O–H groups in total. The minimum Gasteiger partial charge on any atom is -0.504 e. The van der Waals surface area contributed by atoms with Crippen molar-refractivity contribution in [1.82, 2.24) is 25.0 Å². The molecule has 0 saturated carbocycles. The van der Waals surface area contributed by atoms with Crippen LogP contribution in [0.5, 0.6) is 11.5 Å². The van der Waals surface area contributed by atoms with Crippen molar-refractivity contribution < 1.29 is 15.3 Å². The maximum atomic E-state index is 9.73. The number of aliphatic hydroxyl groups is 1. The molecule has 0 amide bonds. The lowest BCUT2D eigenvalue weighted by Crippen LogP contribution is -2.21. The minimum atomic E-state index is -0.548. The number of nitrogens with zero attached hydrogens (tertiary/aromatic N) is 6. The molecule has 2 aromatic heterocycles. The molecule has 2 heterocycles. The van der Waals surface area contributed by atoms with E-state index in [0.29, 0.717) is 36.0 Å². The Morgan fingerprint density at radius 2 is 1.89 bits per heavy atom. The molecule has 0 radical (unpaired) electrons. The molecule has 28 heavy (non-hydrogen) atoms. The van der Waals surface area contributed by atoms with Crippen LogP contribution < -0.4 is 10.2 Å². The highest BCUT2D eigenvalue weighted by Gasteiger charge is 2.19. The summed E-state index contributed by atoms with van der Waals surface area (Å²) in [5.74, 6) is 0.592. The van der Waals surface area contributed by atoms with E-state index >= 15 is 0 Å². The maximum absolute atomic E-state index is 9.73. The lowest BCUT2D eigenvalue weighted by Gasteiger charge is -2.20. The molecule has 0 aliphatic rings. The number of hydrogen-bond donors (Lipinski definition) is 4. The normalized spacial score (nSPS) is 12.5. The number of phenols is 2. The van der Waals surface area contributed by atoms with Gasteiger partial charge in [-0.2, -0.15) is 9.97 Å². The zero-order chi connectivity index (χ0) is 20.4. The summed E-state index contributed by atoms with van der Waals surface area (Å²) in [5, 5.41) is 40.3. The molecular weight excluding hydrogens is 362 g/mol. The van der Waals surface area contributed by atoms with E-state index in [1.54, 1.807) is 17.7 Å². The fraction of sp³-hybridized carbons (Fsp3) is 0.444. The average Bonchev–Trinajstić information content (AvgIpc) is 3.06. The average molecular weight is 387 g/mol. The minimum absolute atomic E-state index is 0.0664. The first-order chi connectivity index (χ1) is 13.3. The summed E-state index contributed by atoms with van der Waals surface area (Å²) < 4.78 is 1.72. The Morgan fingerprint density at radius 3 is 2.54 bits per heavy atom. The molecule has 0 bridgehead atoms. The molecule has 0 fully saturated rings. The van der Waals surface area contributed by atoms with Gasteiger partial charge in [-0.15, -0.1) is 5.10 Å². The molecule has 10 nitrogen and oxygen atoms in total. The van der Waals surface area contributed by atoms with Gasteiger partial charge in [-0.1, -0.05) is 11.3 Å². The zero-order valence-electron chi connectivity index (χ0n) is 16.3. The summed E-state index contributed by atoms with van der Waals surface area (Å²) in [7, 11) is 1.85. The van der Waals surface area contributed by atoms with E-state index in [2.05, 4.69) is 25.6 Å². The zero-order valence-corrected chi connectivity index (χ0v) is 16.3. The monoisotopic (exact) mass is 387 g/mol. The van der Waals surface area contributed by atoms with Gasteiger partial charge >= 0.3 is 0 Å². The van der Waals surface area contributed by atoms with E-state index in [1.165, 1.54) is 12.1 Å². The Bertz CT molecular complexity index is 971. The topological polar surface area (TPSA) is 132 Å². The van der Waals surface area contributed by atoms with Crippen LogP contribution in [0.1, 0.15) is 32.4 Å². The van der Waals surface area contributed by atoms with Crippen molar-refractivity contribution in [2.24, 2.45) is 0 Å². The predicted molar refractivity (Wildman–Crippen MR) is 106 cm³/mol. The number of phenolic OH excluding ortho intramolecular Hbond substituents is 2. The van der Waals surface area contributed by atoms with Gasteiger partial charge in [-0.25, -0.2) is 4.68 Å². The molecule has 0 spiro atoms. The summed E-state index contributed by atoms with van der Waals surface area (Å²) in [6, 6.07) is 4.74. The highest BCUT2D eigenvalue weighted by Crippen LogP contribution is 2.28. The first-order valence-corrected chi connectivity index (χ1v) is 9.03. The molecule has 1 aromatic carbocycles. The first kappa shape index (κ1) is 19.6. The van der Waals surface area contributed by atoms with Crippen molar-refractivity contribution >= 4 is 22.9 Å². The number of nitrogens with one attached hydrogen (secondary N) is 1. The van der Waals surface area contributed by atoms with Gasteiger partial charge in [0, 0.05) is 20.1 Å². The molecule has 3 aromatic rings. The molecule has 0 aliphatic carbocycles. The number of aromatic hydroxyl groups is 2. The Kier molecular flexibility index (Phi) is 5.50. The van der Waals surface area contributed by atoms with Gasteiger partial charge in [0.1, 0.15) is 0 Å². The third-order valence-corrected chi connectivity index (χ3v) is 4.17. The standard InChI is InChI=1S/C18H25N7O3/c1-10(2)25-17-15(22-23-25)16(20-18(21-17)19-8-11(3)26)24(4)9-12-5-6-13(27)14(28)7-12/h5-7,10-11,26-28H,8-9H2,1-4H3,(H,19,20,21). The fourth-order valence-electron chi connectivity index (χ4n) is 2.76. The Labute approximate surface area is 162 Å². The quantitative estimate of drug-likeness (QED) is 0.447. The third kappa shape index (κ3) is 4.06. The van der Waals surface area contributed by atoms with Crippen LogP contribution in [-0.2, 0) is 6.54 Å². The SMILES string of the molecule is CC(O)CNc1nc(N(C)Cc2ccc(O)c(O)c2)c2nnn(C(C)C)c2n1. The summed E-state index contributed by atoms with van der Waals surface area (Å²) in [6.07, 6.45) is -0.548. The smallest absolute Gasteiger partial charge is 0.226 e. The Hall–Kier alpha value is -3.14. The van der Waals surface area contributed by atoms with Crippen molar-refractivity contribution in [3.05, 3.63) is 23.8 Å². The molecule has 3 rings (SSSR count). The number of benzene rings is 1. The molecule has 10 heteroatoms. The summed E-state index contributed by atoms with van der Waals surface area (Å²) >= 11 is 0. The third-order valence-electron chi connectivity index (χ3n) is 4.17. The van der Waals surface area contributed by atoms with Crippen molar-refractivity contribution in [2.45, 2.75) is 39.5 Å². The molecular formula is C18H25N7O3. The summed E-state index contributed by atoms with van der Waals surface area (Å²) in [6.45, 7) is 6.38. The Balaban J connectivity index is 2.00. The van der Waals surface area contributed by atoms with Gasteiger partial charge in [0.2, 0.25) is 5.95 Å². The fourth-order valence-corrected chi connectivity index (χ4v) is 2.76. The van der Waals surface area contributed by atoms with Crippen LogP contribution in [0.3, 0.4) is 0 Å². The number of aliphatic hydroxyl groups excluding tert-OH is 1. The van der Waals surface area contributed by atoms with Crippen LogP contribution >= 0.6 is 0 Å². The van der Waals surface area contributed by atoms with E-state index in [-0.39, 0.29) is 17.5 Å². The molecule has 1 atom stereocenters. The largest absolute Gasteiger partial charge is 0.504 e. The molecule has 0 aliphatic heterocycles. The van der Waals surface area contributed by atoms with Gasteiger partial charge in [0.05, 0.1) is 12.1 Å². The van der Waals surface area contributed by atoms with Crippen LogP contribution in [0, 0.1) is 0 Å². The number of fused-ring (bicyclic) bond motifs is 1. The van der Waals surface area contributed by atoms with Crippen LogP contribution in [0.4, 0.5) is 11.8 Å². The van der Waals surface area contributed by atoms with Crippen LogP contribution in [-0.4, -0.2) is 60.0 Å². The van der Waals surface area contributed by atoms with Crippen molar-refractivity contribution in [2.75, 3.05) is 23.8 Å². The number of anilines is 2. The van der Waals surface area contributed by atoms with E-state index < -0.39 is 6.10 Å². The second-order valence-corrected chi connectivity index (χ2v) is 7.08. The van der Waals surface area contributed by atoms with E-state index in [9.17, 15) is 15.3 Å². The van der Waals surface area contributed by atoms with Gasteiger partial charge in [0.15, 0.2) is 28.5 Å². The summed E-state index contributed by atoms with van der Waals surface area (Å²) in [4.78, 5) is 10.9. The van der Waals surface area contributed by atoms with Crippen LogP contribution in [0.25, 0.3) is 11.2 Å². The van der Waals surface area contributed by atoms with Crippen molar-refractivity contribution in [1.29, 1.82) is 0 Å². The van der Waals surface area contributed by atoms with E-state index in [4.69, 9.17) is 0 Å². The van der Waals surface area contributed by atoms with Gasteiger partial charge < -0.3 is 25.5 Å². The lowest BCUT2D eigenvalue weighted by atomic mass is 10.2. The van der Waals surface area contributed by atoms with Crippen LogP contribution in [0.2, 0.25) is 0 Å². The number of aromatic nitrogens is 5. The highest BCUT2D eigenvalue weighted by atomic mass is 16.3. The highest BCUT2D eigenvalue weighted by molar-refractivity contribution is 5.84. The summed E-state index contributed by atoms with van der Waals surface area (Å²) in [5.41, 5.74) is 1.94. The van der Waals surface area contributed by atoms with Crippen LogP contribution in [0.15, 0.2) is 18.2 Å². The predicted octanol–water partition coefficient (Wildman–Crippen LogP) is 1.64. The second-order valence-electron chi connectivity index (χ2n) is 7.08. The first-order valence-electron chi connectivity index (χ1n) is 9.03. The van der Waals surface area contributed by atoms with Gasteiger partial charge in [-0.3, -0.25) is 0 Å². The van der Waals surface area contributed by atoms with Crippen molar-refractivity contribution in [3.63, 3.8) is 0 Å².